The van der Waals surface area contributed by atoms with Crippen molar-refractivity contribution < 1.29 is 4.79 Å². The quantitative estimate of drug-likeness (QED) is 0.649. The maximum absolute atomic E-state index is 12.6. The van der Waals surface area contributed by atoms with Crippen LogP contribution in [0.2, 0.25) is 0 Å². The molecule has 0 radical (unpaired) electrons. The number of carbonyl (C=O) groups excluding carboxylic acids is 1. The molecule has 134 valence electrons. The summed E-state index contributed by atoms with van der Waals surface area (Å²) in [5.41, 5.74) is -0.218. The number of imidazole rings is 1. The van der Waals surface area contributed by atoms with E-state index in [1.165, 1.54) is 0 Å². The van der Waals surface area contributed by atoms with Crippen molar-refractivity contribution in [3.05, 3.63) is 18.7 Å². The van der Waals surface area contributed by atoms with Gasteiger partial charge in [0, 0.05) is 38.1 Å². The minimum Gasteiger partial charge on any atom is -0.357 e. The number of nitrogens with one attached hydrogen (secondary N) is 1. The molecule has 0 aliphatic carbocycles. The zero-order chi connectivity index (χ0) is 17.7. The van der Waals surface area contributed by atoms with Crippen molar-refractivity contribution in [1.82, 2.24) is 24.7 Å². The van der Waals surface area contributed by atoms with Crippen molar-refractivity contribution in [1.29, 1.82) is 0 Å². The van der Waals surface area contributed by atoms with Gasteiger partial charge in [-0.1, -0.05) is 0 Å². The van der Waals surface area contributed by atoms with Crippen LogP contribution in [0.1, 0.15) is 34.6 Å². The summed E-state index contributed by atoms with van der Waals surface area (Å²) in [7, 11) is 0. The zero-order valence-electron chi connectivity index (χ0n) is 15.5. The number of aromatic nitrogens is 2. The number of rotatable bonds is 5. The van der Waals surface area contributed by atoms with Crippen LogP contribution in [0.15, 0.2) is 23.7 Å². The smallest absolute Gasteiger partial charge is 0.242 e. The molecule has 0 spiro atoms. The lowest BCUT2D eigenvalue weighted by molar-refractivity contribution is -0.145. The minimum absolute atomic E-state index is 0.154. The fraction of sp³-hybridized carbons (Fsp3) is 0.706. The van der Waals surface area contributed by atoms with Gasteiger partial charge < -0.3 is 19.7 Å². The molecule has 7 heteroatoms. The number of aliphatic imine (C=N–C) groups is 1. The fourth-order valence-electron chi connectivity index (χ4n) is 3.43. The summed E-state index contributed by atoms with van der Waals surface area (Å²) in [5, 5.41) is 3.32. The number of guanidine groups is 1. The Kier molecular flexibility index (Phi) is 5.85. The van der Waals surface area contributed by atoms with Crippen LogP contribution in [0.25, 0.3) is 0 Å². The number of hydrogen-bond acceptors (Lipinski definition) is 3. The van der Waals surface area contributed by atoms with Gasteiger partial charge in [0.25, 0.3) is 0 Å². The molecule has 1 aromatic heterocycles. The summed E-state index contributed by atoms with van der Waals surface area (Å²) >= 11 is 0. The van der Waals surface area contributed by atoms with E-state index in [1.54, 1.807) is 12.5 Å². The molecule has 1 aliphatic rings. The molecule has 1 aliphatic heterocycles. The maximum Gasteiger partial charge on any atom is 0.242 e. The third kappa shape index (κ3) is 4.27. The van der Waals surface area contributed by atoms with Crippen molar-refractivity contribution in [2.24, 2.45) is 4.99 Å². The number of hydrogen-bond donors (Lipinski definition) is 1. The van der Waals surface area contributed by atoms with Gasteiger partial charge in [-0.05, 0) is 34.6 Å². The van der Waals surface area contributed by atoms with E-state index in [4.69, 9.17) is 4.99 Å². The third-order valence-electron chi connectivity index (χ3n) is 4.15. The van der Waals surface area contributed by atoms with Crippen molar-refractivity contribution in [3.63, 3.8) is 0 Å². The number of piperazine rings is 1. The Morgan fingerprint density at radius 3 is 2.75 bits per heavy atom. The van der Waals surface area contributed by atoms with E-state index in [0.29, 0.717) is 13.1 Å². The number of carbonyl (C=O) groups is 1. The van der Waals surface area contributed by atoms with Crippen molar-refractivity contribution in [3.8, 4) is 0 Å². The monoisotopic (exact) mass is 334 g/mol. The molecule has 0 atom stereocenters. The Bertz CT molecular complexity index is 564. The molecule has 1 N–H and O–H groups in total. The van der Waals surface area contributed by atoms with E-state index < -0.39 is 0 Å². The highest BCUT2D eigenvalue weighted by Crippen LogP contribution is 2.24. The third-order valence-corrected chi connectivity index (χ3v) is 4.15. The average Bonchev–Trinajstić information content (AvgIpc) is 2.97. The highest BCUT2D eigenvalue weighted by molar-refractivity contribution is 5.88. The molecule has 0 unspecified atom stereocenters. The van der Waals surface area contributed by atoms with Crippen LogP contribution in [0.5, 0.6) is 0 Å². The van der Waals surface area contributed by atoms with E-state index in [2.05, 4.69) is 42.9 Å². The van der Waals surface area contributed by atoms with Crippen LogP contribution < -0.4 is 5.32 Å². The van der Waals surface area contributed by atoms with Gasteiger partial charge in [-0.15, -0.1) is 0 Å². The lowest BCUT2D eigenvalue weighted by atomic mass is 9.96. The molecule has 24 heavy (non-hydrogen) atoms. The van der Waals surface area contributed by atoms with E-state index in [9.17, 15) is 4.79 Å². The van der Waals surface area contributed by atoms with Gasteiger partial charge in [0.2, 0.25) is 5.91 Å². The molecular weight excluding hydrogens is 304 g/mol. The second kappa shape index (κ2) is 7.68. The predicted molar refractivity (Wildman–Crippen MR) is 95.8 cm³/mol. The van der Waals surface area contributed by atoms with Crippen LogP contribution in [0.3, 0.4) is 0 Å². The van der Waals surface area contributed by atoms with Crippen LogP contribution in [-0.2, 0) is 11.3 Å². The van der Waals surface area contributed by atoms with Gasteiger partial charge >= 0.3 is 0 Å². The first-order valence-electron chi connectivity index (χ1n) is 8.66. The van der Waals surface area contributed by atoms with Gasteiger partial charge in [-0.3, -0.25) is 9.79 Å². The van der Waals surface area contributed by atoms with E-state index in [-0.39, 0.29) is 17.5 Å². The molecule has 2 rings (SSSR count). The molecule has 2 heterocycles. The Hall–Kier alpha value is -2.05. The minimum atomic E-state index is -0.218. The molecular formula is C17H30N6O. The molecule has 1 aromatic rings. The summed E-state index contributed by atoms with van der Waals surface area (Å²) in [6.45, 7) is 13.8. The van der Waals surface area contributed by atoms with Crippen LogP contribution >= 0.6 is 0 Å². The normalized spacial score (nSPS) is 18.4. The Balaban J connectivity index is 2.08. The van der Waals surface area contributed by atoms with Gasteiger partial charge in [0.1, 0.15) is 0 Å². The highest BCUT2D eigenvalue weighted by Gasteiger charge is 2.40. The fourth-order valence-corrected chi connectivity index (χ4v) is 3.43. The second-order valence-electron chi connectivity index (χ2n) is 7.06. The first-order chi connectivity index (χ1) is 11.3. The van der Waals surface area contributed by atoms with Crippen LogP contribution in [0.4, 0.5) is 0 Å². The van der Waals surface area contributed by atoms with Crippen LogP contribution in [0, 0.1) is 0 Å². The summed E-state index contributed by atoms with van der Waals surface area (Å²) in [5.74, 6) is 0.962. The van der Waals surface area contributed by atoms with Gasteiger partial charge in [-0.25, -0.2) is 4.98 Å². The summed E-state index contributed by atoms with van der Waals surface area (Å²) in [6, 6.07) is 0.204. The maximum atomic E-state index is 12.6. The molecule has 1 amide bonds. The average molecular weight is 334 g/mol. The highest BCUT2D eigenvalue weighted by atomic mass is 16.2. The van der Waals surface area contributed by atoms with E-state index >= 15 is 0 Å². The molecule has 0 bridgehead atoms. The van der Waals surface area contributed by atoms with E-state index in [1.807, 2.05) is 22.6 Å². The lowest BCUT2D eigenvalue weighted by Gasteiger charge is -2.49. The summed E-state index contributed by atoms with van der Waals surface area (Å²) in [4.78, 5) is 25.4. The SMILES string of the molecule is CCNC(=NCCn1ccnc1)N1CC(=O)N(C(C)C)C(C)(C)C1. The molecule has 1 fully saturated rings. The van der Waals surface area contributed by atoms with Gasteiger partial charge in [0.05, 0.1) is 25.0 Å². The largest absolute Gasteiger partial charge is 0.357 e. The summed E-state index contributed by atoms with van der Waals surface area (Å²) in [6.07, 6.45) is 5.48. The van der Waals surface area contributed by atoms with Crippen molar-refractivity contribution in [2.75, 3.05) is 26.2 Å². The first-order valence-corrected chi connectivity index (χ1v) is 8.66. The standard InChI is InChI=1S/C17H30N6O/c1-6-19-16(20-8-10-21-9-7-18-13-21)22-11-15(24)23(14(2)3)17(4,5)12-22/h7,9,13-14H,6,8,10-12H2,1-5H3,(H,19,20). The van der Waals surface area contributed by atoms with Crippen molar-refractivity contribution >= 4 is 11.9 Å². The van der Waals surface area contributed by atoms with Gasteiger partial charge in [-0.2, -0.15) is 0 Å². The van der Waals surface area contributed by atoms with E-state index in [0.717, 1.165) is 25.6 Å². The Morgan fingerprint density at radius 1 is 1.46 bits per heavy atom. The zero-order valence-corrected chi connectivity index (χ0v) is 15.5. The van der Waals surface area contributed by atoms with Crippen LogP contribution in [-0.4, -0.2) is 69.0 Å². The Morgan fingerprint density at radius 2 is 2.21 bits per heavy atom. The Labute approximate surface area is 144 Å². The molecule has 0 saturated carbocycles. The lowest BCUT2D eigenvalue weighted by Crippen LogP contribution is -2.66. The number of amides is 1. The number of nitrogens with zero attached hydrogens (tertiary/aromatic N) is 5. The summed E-state index contributed by atoms with van der Waals surface area (Å²) < 4.78 is 2.00. The molecule has 7 nitrogen and oxygen atoms in total. The van der Waals surface area contributed by atoms with Crippen molar-refractivity contribution in [2.45, 2.75) is 52.7 Å². The van der Waals surface area contributed by atoms with Gasteiger partial charge in [0.15, 0.2) is 5.96 Å². The predicted octanol–water partition coefficient (Wildman–Crippen LogP) is 1.18. The second-order valence-corrected chi connectivity index (χ2v) is 7.06. The molecule has 1 saturated heterocycles. The first kappa shape index (κ1) is 18.3. The topological polar surface area (TPSA) is 65.8 Å². The molecule has 0 aromatic carbocycles.